The highest BCUT2D eigenvalue weighted by molar-refractivity contribution is 5.03. The van der Waals surface area contributed by atoms with Gasteiger partial charge in [0, 0.05) is 5.92 Å². The first-order valence-electron chi connectivity index (χ1n) is 6.84. The topological polar surface area (TPSA) is 55.3 Å². The molecule has 1 aliphatic heterocycles. The molecule has 3 heterocycles. The molecule has 0 amide bonds. The van der Waals surface area contributed by atoms with E-state index >= 15 is 0 Å². The van der Waals surface area contributed by atoms with Gasteiger partial charge in [-0.05, 0) is 31.5 Å². The number of nitrogens with zero attached hydrogens (tertiary/aromatic N) is 3. The van der Waals surface area contributed by atoms with Crippen LogP contribution in [-0.2, 0) is 6.54 Å². The van der Waals surface area contributed by atoms with Crippen LogP contribution in [0.3, 0.4) is 0 Å². The van der Waals surface area contributed by atoms with Crippen molar-refractivity contribution in [3.8, 4) is 0 Å². The molecule has 102 valence electrons. The van der Waals surface area contributed by atoms with Gasteiger partial charge in [0.1, 0.15) is 5.76 Å². The molecule has 5 nitrogen and oxygen atoms in total. The number of hydrogen-bond acceptors (Lipinski definition) is 5. The Labute approximate surface area is 112 Å². The van der Waals surface area contributed by atoms with Crippen LogP contribution in [-0.4, -0.2) is 21.6 Å². The predicted octanol–water partition coefficient (Wildman–Crippen LogP) is 3.12. The smallest absolute Gasteiger partial charge is 0.244 e. The molecule has 1 saturated heterocycles. The lowest BCUT2D eigenvalue weighted by Gasteiger charge is -2.19. The Kier molecular flexibility index (Phi) is 3.38. The lowest BCUT2D eigenvalue weighted by atomic mass is 10.2. The van der Waals surface area contributed by atoms with Gasteiger partial charge < -0.3 is 8.94 Å². The monoisotopic (exact) mass is 261 g/mol. The summed E-state index contributed by atoms with van der Waals surface area (Å²) < 4.78 is 10.8. The fraction of sp³-hybridized carbons (Fsp3) is 0.571. The van der Waals surface area contributed by atoms with Crippen LogP contribution in [0.25, 0.3) is 0 Å². The average Bonchev–Trinajstić information content (AvgIpc) is 3.09. The summed E-state index contributed by atoms with van der Waals surface area (Å²) in [6.07, 6.45) is 3.94. The third-order valence-electron chi connectivity index (χ3n) is 3.56. The third kappa shape index (κ3) is 2.56. The van der Waals surface area contributed by atoms with Gasteiger partial charge in [-0.3, -0.25) is 4.90 Å². The van der Waals surface area contributed by atoms with Crippen LogP contribution in [0.4, 0.5) is 0 Å². The summed E-state index contributed by atoms with van der Waals surface area (Å²) in [5, 5.41) is 4.06. The van der Waals surface area contributed by atoms with E-state index < -0.39 is 0 Å². The lowest BCUT2D eigenvalue weighted by molar-refractivity contribution is 0.188. The van der Waals surface area contributed by atoms with Crippen molar-refractivity contribution in [3.63, 3.8) is 0 Å². The van der Waals surface area contributed by atoms with Crippen LogP contribution in [0.15, 0.2) is 27.3 Å². The molecule has 19 heavy (non-hydrogen) atoms. The van der Waals surface area contributed by atoms with Crippen molar-refractivity contribution in [2.24, 2.45) is 0 Å². The van der Waals surface area contributed by atoms with Crippen LogP contribution in [0.5, 0.6) is 0 Å². The first kappa shape index (κ1) is 12.4. The molecule has 0 spiro atoms. The number of aromatic nitrogens is 2. The van der Waals surface area contributed by atoms with Crippen LogP contribution in [0.2, 0.25) is 0 Å². The van der Waals surface area contributed by atoms with Crippen molar-refractivity contribution in [2.75, 3.05) is 6.54 Å². The van der Waals surface area contributed by atoms with Crippen molar-refractivity contribution >= 4 is 0 Å². The summed E-state index contributed by atoms with van der Waals surface area (Å²) in [4.78, 5) is 6.86. The fourth-order valence-corrected chi connectivity index (χ4v) is 2.51. The number of hydrogen-bond donors (Lipinski definition) is 0. The summed E-state index contributed by atoms with van der Waals surface area (Å²) >= 11 is 0. The first-order chi connectivity index (χ1) is 9.24. The van der Waals surface area contributed by atoms with Gasteiger partial charge in [0.2, 0.25) is 5.89 Å². The van der Waals surface area contributed by atoms with E-state index in [0.29, 0.717) is 5.92 Å². The van der Waals surface area contributed by atoms with Crippen molar-refractivity contribution in [1.29, 1.82) is 0 Å². The number of rotatable bonds is 4. The lowest BCUT2D eigenvalue weighted by Crippen LogP contribution is -2.22. The highest BCUT2D eigenvalue weighted by Gasteiger charge is 2.31. The summed E-state index contributed by atoms with van der Waals surface area (Å²) in [5.74, 6) is 2.82. The van der Waals surface area contributed by atoms with E-state index in [1.54, 1.807) is 6.26 Å². The molecule has 3 rings (SSSR count). The fourth-order valence-electron chi connectivity index (χ4n) is 2.51. The van der Waals surface area contributed by atoms with Crippen LogP contribution in [0, 0.1) is 0 Å². The Bertz CT molecular complexity index is 519. The molecular formula is C14H19N3O2. The first-order valence-corrected chi connectivity index (χ1v) is 6.84. The second-order valence-electron chi connectivity index (χ2n) is 5.35. The van der Waals surface area contributed by atoms with E-state index in [-0.39, 0.29) is 6.04 Å². The minimum absolute atomic E-state index is 0.227. The second-order valence-corrected chi connectivity index (χ2v) is 5.35. The maximum Gasteiger partial charge on any atom is 0.244 e. The van der Waals surface area contributed by atoms with E-state index in [1.165, 1.54) is 0 Å². The molecule has 0 bridgehead atoms. The van der Waals surface area contributed by atoms with Gasteiger partial charge in [0.25, 0.3) is 0 Å². The molecule has 1 unspecified atom stereocenters. The maximum absolute atomic E-state index is 5.43. The molecule has 0 N–H and O–H groups in total. The number of likely N-dealkylation sites (tertiary alicyclic amines) is 1. The summed E-state index contributed by atoms with van der Waals surface area (Å²) in [7, 11) is 0. The second kappa shape index (κ2) is 5.17. The molecule has 1 atom stereocenters. The standard InChI is InChI=1S/C14H19N3O2/c1-10(2)13-15-14(19-16-13)12-6-3-7-17(12)9-11-5-4-8-18-11/h4-5,8,10,12H,3,6-7,9H2,1-2H3. The van der Waals surface area contributed by atoms with Crippen molar-refractivity contribution < 1.29 is 8.94 Å². The van der Waals surface area contributed by atoms with Gasteiger partial charge in [-0.1, -0.05) is 19.0 Å². The molecule has 1 aliphatic rings. The summed E-state index contributed by atoms with van der Waals surface area (Å²) in [5.41, 5.74) is 0. The van der Waals surface area contributed by atoms with Crippen LogP contribution in [0.1, 0.15) is 56.1 Å². The minimum Gasteiger partial charge on any atom is -0.468 e. The quantitative estimate of drug-likeness (QED) is 0.846. The van der Waals surface area contributed by atoms with Crippen molar-refractivity contribution in [3.05, 3.63) is 35.9 Å². The Morgan fingerprint density at radius 1 is 1.47 bits per heavy atom. The van der Waals surface area contributed by atoms with E-state index in [9.17, 15) is 0 Å². The van der Waals surface area contributed by atoms with E-state index in [4.69, 9.17) is 8.94 Å². The molecule has 0 saturated carbocycles. The third-order valence-corrected chi connectivity index (χ3v) is 3.56. The van der Waals surface area contributed by atoms with E-state index in [1.807, 2.05) is 12.1 Å². The number of furan rings is 1. The molecule has 2 aromatic heterocycles. The van der Waals surface area contributed by atoms with Crippen molar-refractivity contribution in [2.45, 2.75) is 45.2 Å². The largest absolute Gasteiger partial charge is 0.468 e. The molecule has 0 aliphatic carbocycles. The minimum atomic E-state index is 0.227. The van der Waals surface area contributed by atoms with E-state index in [0.717, 1.165) is 43.4 Å². The zero-order valence-corrected chi connectivity index (χ0v) is 11.4. The predicted molar refractivity (Wildman–Crippen MR) is 69.5 cm³/mol. The summed E-state index contributed by atoms with van der Waals surface area (Å²) in [6.45, 7) is 6.00. The van der Waals surface area contributed by atoms with Gasteiger partial charge in [-0.2, -0.15) is 4.98 Å². The summed E-state index contributed by atoms with van der Waals surface area (Å²) in [6, 6.07) is 4.15. The molecule has 5 heteroatoms. The zero-order valence-electron chi connectivity index (χ0n) is 11.4. The highest BCUT2D eigenvalue weighted by Crippen LogP contribution is 2.32. The molecule has 0 aromatic carbocycles. The molecule has 2 aromatic rings. The molecular weight excluding hydrogens is 242 g/mol. The Morgan fingerprint density at radius 2 is 2.37 bits per heavy atom. The van der Waals surface area contributed by atoms with Gasteiger partial charge in [-0.25, -0.2) is 0 Å². The van der Waals surface area contributed by atoms with Crippen LogP contribution >= 0.6 is 0 Å². The van der Waals surface area contributed by atoms with Crippen LogP contribution < -0.4 is 0 Å². The van der Waals surface area contributed by atoms with Gasteiger partial charge in [0.05, 0.1) is 18.8 Å². The highest BCUT2D eigenvalue weighted by atomic mass is 16.5. The SMILES string of the molecule is CC(C)c1noc(C2CCCN2Cc2ccco2)n1. The molecule has 1 fully saturated rings. The molecule has 0 radical (unpaired) electrons. The van der Waals surface area contributed by atoms with Gasteiger partial charge in [0.15, 0.2) is 5.82 Å². The maximum atomic E-state index is 5.43. The Morgan fingerprint density at radius 3 is 3.05 bits per heavy atom. The Hall–Kier alpha value is -1.62. The average molecular weight is 261 g/mol. The van der Waals surface area contributed by atoms with Gasteiger partial charge in [-0.15, -0.1) is 0 Å². The Balaban J connectivity index is 1.74. The zero-order chi connectivity index (χ0) is 13.2. The van der Waals surface area contributed by atoms with E-state index in [2.05, 4.69) is 28.9 Å². The van der Waals surface area contributed by atoms with Crippen molar-refractivity contribution in [1.82, 2.24) is 15.0 Å². The normalized spacial score (nSPS) is 20.5. The van der Waals surface area contributed by atoms with Gasteiger partial charge >= 0.3 is 0 Å².